The summed E-state index contributed by atoms with van der Waals surface area (Å²) in [6.45, 7) is 6.99. The van der Waals surface area contributed by atoms with Crippen LogP contribution in [-0.4, -0.2) is 25.5 Å². The molecular weight excluding hydrogens is 260 g/mol. The molecule has 1 aliphatic heterocycles. The van der Waals surface area contributed by atoms with Gasteiger partial charge in [0.25, 0.3) is 5.91 Å². The molecule has 3 nitrogen and oxygen atoms in total. The van der Waals surface area contributed by atoms with Crippen LogP contribution in [0.25, 0.3) is 0 Å². The van der Waals surface area contributed by atoms with E-state index in [1.54, 1.807) is 6.07 Å². The van der Waals surface area contributed by atoms with Crippen LogP contribution in [0.3, 0.4) is 0 Å². The van der Waals surface area contributed by atoms with E-state index >= 15 is 0 Å². The first kappa shape index (κ1) is 14.4. The molecule has 0 spiro atoms. The number of hydrogen-bond acceptors (Lipinski definition) is 1. The van der Waals surface area contributed by atoms with E-state index in [1.807, 2.05) is 19.1 Å². The molecule has 0 radical (unpaired) electrons. The van der Waals surface area contributed by atoms with Crippen molar-refractivity contribution in [3.63, 3.8) is 0 Å². The third-order valence-corrected chi connectivity index (χ3v) is 3.97. The molecule has 2 rings (SSSR count). The number of carbonyl (C=O) groups excluding carboxylic acids is 1. The van der Waals surface area contributed by atoms with Crippen molar-refractivity contribution >= 4 is 23.2 Å². The molecular formula is C15H22ClN2O+. The Labute approximate surface area is 119 Å². The van der Waals surface area contributed by atoms with Crippen molar-refractivity contribution in [3.05, 3.63) is 28.8 Å². The number of aryl methyl sites for hydroxylation is 1. The SMILES string of the molecule is Cc1cc(Cl)ccc1NC(=O)C[NH+]1CCC[C@@H](C)C1. The summed E-state index contributed by atoms with van der Waals surface area (Å²) in [5, 5.41) is 3.68. The van der Waals surface area contributed by atoms with Gasteiger partial charge in [0.1, 0.15) is 0 Å². The number of likely N-dealkylation sites (tertiary alicyclic amines) is 1. The maximum atomic E-state index is 12.1. The molecule has 1 unspecified atom stereocenters. The van der Waals surface area contributed by atoms with Gasteiger partial charge in [-0.2, -0.15) is 0 Å². The molecule has 2 atom stereocenters. The van der Waals surface area contributed by atoms with E-state index in [2.05, 4.69) is 12.2 Å². The molecule has 2 N–H and O–H groups in total. The Kier molecular flexibility index (Phi) is 4.83. The summed E-state index contributed by atoms with van der Waals surface area (Å²) in [4.78, 5) is 13.5. The van der Waals surface area contributed by atoms with Crippen LogP contribution in [0.5, 0.6) is 0 Å². The number of halogens is 1. The molecule has 104 valence electrons. The minimum Gasteiger partial charge on any atom is -0.327 e. The van der Waals surface area contributed by atoms with Gasteiger partial charge in [-0.25, -0.2) is 0 Å². The number of carbonyl (C=O) groups is 1. The fraction of sp³-hybridized carbons (Fsp3) is 0.533. The molecule has 1 aromatic carbocycles. The molecule has 4 heteroatoms. The van der Waals surface area contributed by atoms with Gasteiger partial charge in [0.05, 0.1) is 13.1 Å². The van der Waals surface area contributed by atoms with Crippen LogP contribution in [0.4, 0.5) is 5.69 Å². The average molecular weight is 282 g/mol. The summed E-state index contributed by atoms with van der Waals surface area (Å²) < 4.78 is 0. The number of hydrogen-bond donors (Lipinski definition) is 2. The monoisotopic (exact) mass is 281 g/mol. The third-order valence-electron chi connectivity index (χ3n) is 3.74. The zero-order valence-electron chi connectivity index (χ0n) is 11.6. The lowest BCUT2D eigenvalue weighted by Crippen LogP contribution is -3.14. The summed E-state index contributed by atoms with van der Waals surface area (Å²) in [7, 11) is 0. The second-order valence-corrected chi connectivity index (χ2v) is 6.07. The molecule has 0 saturated carbocycles. The van der Waals surface area contributed by atoms with E-state index in [-0.39, 0.29) is 5.91 Å². The summed E-state index contributed by atoms with van der Waals surface area (Å²) in [6.07, 6.45) is 2.52. The Morgan fingerprint density at radius 3 is 3.00 bits per heavy atom. The van der Waals surface area contributed by atoms with Crippen molar-refractivity contribution in [1.29, 1.82) is 0 Å². The smallest absolute Gasteiger partial charge is 0.279 e. The molecule has 1 fully saturated rings. The highest BCUT2D eigenvalue weighted by Crippen LogP contribution is 2.19. The maximum Gasteiger partial charge on any atom is 0.279 e. The Morgan fingerprint density at radius 1 is 1.53 bits per heavy atom. The lowest BCUT2D eigenvalue weighted by Gasteiger charge is -2.27. The number of rotatable bonds is 3. The first-order chi connectivity index (χ1) is 9.04. The normalized spacial score (nSPS) is 23.1. The molecule has 1 aliphatic rings. The molecule has 19 heavy (non-hydrogen) atoms. The van der Waals surface area contributed by atoms with Crippen LogP contribution in [0, 0.1) is 12.8 Å². The quantitative estimate of drug-likeness (QED) is 0.872. The Bertz CT molecular complexity index is 461. The van der Waals surface area contributed by atoms with Crippen molar-refractivity contribution in [2.45, 2.75) is 26.7 Å². The minimum absolute atomic E-state index is 0.0922. The van der Waals surface area contributed by atoms with Crippen LogP contribution < -0.4 is 10.2 Å². The van der Waals surface area contributed by atoms with Gasteiger partial charge in [0.15, 0.2) is 6.54 Å². The zero-order valence-corrected chi connectivity index (χ0v) is 12.4. The Hall–Kier alpha value is -1.06. The predicted octanol–water partition coefficient (Wildman–Crippen LogP) is 1.90. The van der Waals surface area contributed by atoms with Gasteiger partial charge >= 0.3 is 0 Å². The molecule has 1 heterocycles. The summed E-state index contributed by atoms with van der Waals surface area (Å²) >= 11 is 5.91. The topological polar surface area (TPSA) is 33.5 Å². The maximum absolute atomic E-state index is 12.1. The van der Waals surface area contributed by atoms with Crippen LogP contribution >= 0.6 is 11.6 Å². The zero-order chi connectivity index (χ0) is 13.8. The summed E-state index contributed by atoms with van der Waals surface area (Å²) in [6, 6.07) is 5.54. The van der Waals surface area contributed by atoms with Gasteiger partial charge < -0.3 is 10.2 Å². The van der Waals surface area contributed by atoms with Crippen molar-refractivity contribution in [2.24, 2.45) is 5.92 Å². The highest BCUT2D eigenvalue weighted by Gasteiger charge is 2.22. The van der Waals surface area contributed by atoms with Crippen molar-refractivity contribution in [2.75, 3.05) is 25.0 Å². The molecule has 0 aromatic heterocycles. The largest absolute Gasteiger partial charge is 0.327 e. The number of anilines is 1. The number of nitrogens with one attached hydrogen (secondary N) is 2. The van der Waals surface area contributed by atoms with Crippen molar-refractivity contribution in [3.8, 4) is 0 Å². The fourth-order valence-electron chi connectivity index (χ4n) is 2.75. The van der Waals surface area contributed by atoms with Crippen LogP contribution in [0.15, 0.2) is 18.2 Å². The van der Waals surface area contributed by atoms with Crippen LogP contribution in [0.1, 0.15) is 25.3 Å². The van der Waals surface area contributed by atoms with Crippen LogP contribution in [0.2, 0.25) is 5.02 Å². The lowest BCUT2D eigenvalue weighted by atomic mass is 10.0. The van der Waals surface area contributed by atoms with Crippen molar-refractivity contribution < 1.29 is 9.69 Å². The Balaban J connectivity index is 1.90. The van der Waals surface area contributed by atoms with E-state index in [0.29, 0.717) is 11.6 Å². The average Bonchev–Trinajstić information content (AvgIpc) is 2.33. The number of amides is 1. The lowest BCUT2D eigenvalue weighted by molar-refractivity contribution is -0.900. The standard InChI is InChI=1S/C15H21ClN2O/c1-11-4-3-7-18(9-11)10-15(19)17-14-6-5-13(16)8-12(14)2/h5-6,8,11H,3-4,7,9-10H2,1-2H3,(H,17,19)/p+1/t11-/m1/s1. The van der Waals surface area contributed by atoms with E-state index in [0.717, 1.165) is 30.3 Å². The van der Waals surface area contributed by atoms with E-state index < -0.39 is 0 Å². The van der Waals surface area contributed by atoms with Gasteiger partial charge in [0.2, 0.25) is 0 Å². The van der Waals surface area contributed by atoms with Gasteiger partial charge in [0, 0.05) is 16.6 Å². The highest BCUT2D eigenvalue weighted by molar-refractivity contribution is 6.30. The second kappa shape index (κ2) is 6.40. The molecule has 1 amide bonds. The van der Waals surface area contributed by atoms with Gasteiger partial charge in [-0.1, -0.05) is 18.5 Å². The number of benzene rings is 1. The third kappa shape index (κ3) is 4.22. The molecule has 1 saturated heterocycles. The number of piperidine rings is 1. The minimum atomic E-state index is 0.0922. The number of quaternary nitrogens is 1. The molecule has 0 bridgehead atoms. The molecule has 1 aromatic rings. The van der Waals surface area contributed by atoms with E-state index in [1.165, 1.54) is 17.7 Å². The first-order valence-corrected chi connectivity index (χ1v) is 7.32. The van der Waals surface area contributed by atoms with Crippen LogP contribution in [-0.2, 0) is 4.79 Å². The van der Waals surface area contributed by atoms with Crippen molar-refractivity contribution in [1.82, 2.24) is 0 Å². The first-order valence-electron chi connectivity index (χ1n) is 6.94. The summed E-state index contributed by atoms with van der Waals surface area (Å²) in [5.74, 6) is 0.823. The summed E-state index contributed by atoms with van der Waals surface area (Å²) in [5.41, 5.74) is 1.86. The van der Waals surface area contributed by atoms with E-state index in [4.69, 9.17) is 11.6 Å². The fourth-order valence-corrected chi connectivity index (χ4v) is 2.97. The predicted molar refractivity (Wildman–Crippen MR) is 78.8 cm³/mol. The Morgan fingerprint density at radius 2 is 2.32 bits per heavy atom. The van der Waals surface area contributed by atoms with Gasteiger partial charge in [-0.3, -0.25) is 4.79 Å². The van der Waals surface area contributed by atoms with Gasteiger partial charge in [-0.05, 0) is 43.5 Å². The highest BCUT2D eigenvalue weighted by atomic mass is 35.5. The van der Waals surface area contributed by atoms with Gasteiger partial charge in [-0.15, -0.1) is 0 Å². The molecule has 0 aliphatic carbocycles. The second-order valence-electron chi connectivity index (χ2n) is 5.64. The van der Waals surface area contributed by atoms with E-state index in [9.17, 15) is 4.79 Å².